The van der Waals surface area contributed by atoms with Crippen molar-refractivity contribution in [3.8, 4) is 0 Å². The summed E-state index contributed by atoms with van der Waals surface area (Å²) in [7, 11) is 0. The van der Waals surface area contributed by atoms with E-state index < -0.39 is 48.7 Å². The lowest BCUT2D eigenvalue weighted by atomic mass is 9.99. The van der Waals surface area contributed by atoms with Crippen LogP contribution in [0.3, 0.4) is 0 Å². The number of aliphatic hydroxyl groups is 2. The van der Waals surface area contributed by atoms with Crippen molar-refractivity contribution in [3.63, 3.8) is 0 Å². The molecule has 9 nitrogen and oxygen atoms in total. The largest absolute Gasteiger partial charge is 0.480 e. The second-order valence-corrected chi connectivity index (χ2v) is 7.16. The van der Waals surface area contributed by atoms with Crippen molar-refractivity contribution in [2.24, 2.45) is 0 Å². The van der Waals surface area contributed by atoms with Gasteiger partial charge in [0.2, 0.25) is 0 Å². The van der Waals surface area contributed by atoms with E-state index in [0.717, 1.165) is 30.6 Å². The molecule has 0 aromatic carbocycles. The second-order valence-electron chi connectivity index (χ2n) is 7.16. The molecule has 9 heteroatoms. The van der Waals surface area contributed by atoms with Crippen LogP contribution in [-0.2, 0) is 14.4 Å². The normalized spacial score (nSPS) is 15.8. The number of aliphatic hydroxyl groups excluding tert-OH is 2. The molecule has 0 aromatic rings. The van der Waals surface area contributed by atoms with Gasteiger partial charge in [-0.15, -0.1) is 0 Å². The maximum absolute atomic E-state index is 11.6. The first-order valence-corrected chi connectivity index (χ1v) is 9.93. The average Bonchev–Trinajstić information content (AvgIpc) is 2.62. The smallest absolute Gasteiger partial charge is 0.334 e. The molecule has 0 fully saturated rings. The fourth-order valence-corrected chi connectivity index (χ4v) is 3.36. The van der Waals surface area contributed by atoms with Crippen LogP contribution in [0.4, 0.5) is 0 Å². The number of carboxylic acids is 3. The molecule has 5 N–H and O–H groups in total. The molecule has 164 valence electrons. The topological polar surface area (TPSA) is 156 Å². The summed E-state index contributed by atoms with van der Waals surface area (Å²) in [5, 5.41) is 47.0. The summed E-state index contributed by atoms with van der Waals surface area (Å²) >= 11 is 0. The van der Waals surface area contributed by atoms with Gasteiger partial charge in [0.15, 0.2) is 6.10 Å². The zero-order valence-corrected chi connectivity index (χ0v) is 16.8. The monoisotopic (exact) mass is 405 g/mol. The summed E-state index contributed by atoms with van der Waals surface area (Å²) in [5.41, 5.74) is 0. The summed E-state index contributed by atoms with van der Waals surface area (Å²) in [6, 6.07) is -4.25. The Balaban J connectivity index is 5.03. The minimum absolute atomic E-state index is 0.425. The lowest BCUT2D eigenvalue weighted by Crippen LogP contribution is -2.61. The van der Waals surface area contributed by atoms with E-state index in [0.29, 0.717) is 12.8 Å². The third-order valence-electron chi connectivity index (χ3n) is 4.93. The maximum Gasteiger partial charge on any atom is 0.334 e. The van der Waals surface area contributed by atoms with Gasteiger partial charge in [-0.2, -0.15) is 0 Å². The molecule has 4 unspecified atom stereocenters. The Hall–Kier alpha value is -1.71. The van der Waals surface area contributed by atoms with Crippen LogP contribution in [-0.4, -0.2) is 79.2 Å². The van der Waals surface area contributed by atoms with Crippen LogP contribution < -0.4 is 0 Å². The fourth-order valence-electron chi connectivity index (χ4n) is 3.36. The Kier molecular flexibility index (Phi) is 13.4. The SMILES string of the molecule is CCCCCCCCCCC(C)N(C(CO)C(=O)O)C(C(=O)O)C(O)C(=O)O. The Bertz CT molecular complexity index is 485. The summed E-state index contributed by atoms with van der Waals surface area (Å²) in [4.78, 5) is 35.1. The van der Waals surface area contributed by atoms with Crippen LogP contribution in [0.1, 0.15) is 71.6 Å². The van der Waals surface area contributed by atoms with E-state index in [-0.39, 0.29) is 0 Å². The Morgan fingerprint density at radius 2 is 1.32 bits per heavy atom. The fraction of sp³-hybridized carbons (Fsp3) is 0.842. The highest BCUT2D eigenvalue weighted by atomic mass is 16.4. The molecular weight excluding hydrogens is 370 g/mol. The molecule has 0 radical (unpaired) electrons. The van der Waals surface area contributed by atoms with Gasteiger partial charge in [0.05, 0.1) is 6.61 Å². The minimum atomic E-state index is -2.31. The molecule has 4 atom stereocenters. The van der Waals surface area contributed by atoms with Gasteiger partial charge in [0, 0.05) is 6.04 Å². The van der Waals surface area contributed by atoms with Gasteiger partial charge in [-0.1, -0.05) is 58.3 Å². The number of hydrogen-bond acceptors (Lipinski definition) is 6. The van der Waals surface area contributed by atoms with Crippen LogP contribution in [0.25, 0.3) is 0 Å². The molecule has 0 aliphatic carbocycles. The highest BCUT2D eigenvalue weighted by molar-refractivity contribution is 5.85. The predicted octanol–water partition coefficient (Wildman–Crippen LogP) is 1.55. The van der Waals surface area contributed by atoms with Crippen LogP contribution in [0.2, 0.25) is 0 Å². The van der Waals surface area contributed by atoms with E-state index >= 15 is 0 Å². The van der Waals surface area contributed by atoms with E-state index in [1.54, 1.807) is 6.92 Å². The van der Waals surface area contributed by atoms with Crippen molar-refractivity contribution >= 4 is 17.9 Å². The highest BCUT2D eigenvalue weighted by Gasteiger charge is 2.44. The van der Waals surface area contributed by atoms with Crippen molar-refractivity contribution in [3.05, 3.63) is 0 Å². The third kappa shape index (κ3) is 8.99. The van der Waals surface area contributed by atoms with E-state index in [2.05, 4.69) is 6.92 Å². The molecule has 0 heterocycles. The van der Waals surface area contributed by atoms with Gasteiger partial charge in [0.25, 0.3) is 0 Å². The summed E-state index contributed by atoms with van der Waals surface area (Å²) in [6.45, 7) is 2.83. The number of rotatable bonds is 17. The molecule has 0 saturated heterocycles. The van der Waals surface area contributed by atoms with Gasteiger partial charge >= 0.3 is 17.9 Å². The van der Waals surface area contributed by atoms with Crippen LogP contribution in [0, 0.1) is 0 Å². The van der Waals surface area contributed by atoms with Crippen molar-refractivity contribution in [1.82, 2.24) is 4.90 Å². The summed E-state index contributed by atoms with van der Waals surface area (Å²) in [5.74, 6) is -4.90. The summed E-state index contributed by atoms with van der Waals surface area (Å²) < 4.78 is 0. The van der Waals surface area contributed by atoms with Crippen molar-refractivity contribution in [2.45, 2.75) is 95.9 Å². The molecule has 0 rings (SSSR count). The lowest BCUT2D eigenvalue weighted by Gasteiger charge is -2.38. The Labute approximate surface area is 166 Å². The van der Waals surface area contributed by atoms with E-state index in [9.17, 15) is 34.8 Å². The molecule has 0 aliphatic rings. The molecule has 0 aromatic heterocycles. The van der Waals surface area contributed by atoms with E-state index in [1.807, 2.05) is 0 Å². The first-order valence-electron chi connectivity index (χ1n) is 9.93. The zero-order chi connectivity index (χ0) is 21.7. The van der Waals surface area contributed by atoms with E-state index in [4.69, 9.17) is 5.11 Å². The van der Waals surface area contributed by atoms with Gasteiger partial charge in [-0.3, -0.25) is 14.5 Å². The highest BCUT2D eigenvalue weighted by Crippen LogP contribution is 2.20. The predicted molar refractivity (Wildman–Crippen MR) is 102 cm³/mol. The Morgan fingerprint density at radius 1 is 0.821 bits per heavy atom. The number of carboxylic acid groups (broad SMARTS) is 3. The standard InChI is InChI=1S/C19H35NO8/c1-3-4-5-6-7-8-9-10-11-13(2)20(14(12-21)17(23)24)15(18(25)26)16(22)19(27)28/h13-16,21-22H,3-12H2,1-2H3,(H,23,24)(H,25,26)(H,27,28). The summed E-state index contributed by atoms with van der Waals surface area (Å²) in [6.07, 6.45) is 6.57. The van der Waals surface area contributed by atoms with Gasteiger partial charge in [-0.25, -0.2) is 4.79 Å². The number of hydrogen-bond donors (Lipinski definition) is 5. The number of nitrogens with zero attached hydrogens (tertiary/aromatic N) is 1. The van der Waals surface area contributed by atoms with Gasteiger partial charge in [-0.05, 0) is 13.3 Å². The van der Waals surface area contributed by atoms with Crippen LogP contribution in [0.15, 0.2) is 0 Å². The lowest BCUT2D eigenvalue weighted by molar-refractivity contribution is -0.169. The number of aliphatic carboxylic acids is 3. The van der Waals surface area contributed by atoms with Gasteiger partial charge in [0.1, 0.15) is 12.1 Å². The van der Waals surface area contributed by atoms with Crippen LogP contribution >= 0.6 is 0 Å². The van der Waals surface area contributed by atoms with Crippen molar-refractivity contribution in [2.75, 3.05) is 6.61 Å². The molecule has 0 aliphatic heterocycles. The van der Waals surface area contributed by atoms with Crippen LogP contribution in [0.5, 0.6) is 0 Å². The maximum atomic E-state index is 11.6. The zero-order valence-electron chi connectivity index (χ0n) is 16.8. The molecule has 0 spiro atoms. The van der Waals surface area contributed by atoms with Gasteiger partial charge < -0.3 is 25.5 Å². The number of unbranched alkanes of at least 4 members (excludes halogenated alkanes) is 7. The van der Waals surface area contributed by atoms with Crippen molar-refractivity contribution in [1.29, 1.82) is 0 Å². The Morgan fingerprint density at radius 3 is 1.71 bits per heavy atom. The molecule has 0 bridgehead atoms. The first kappa shape index (κ1) is 26.3. The van der Waals surface area contributed by atoms with E-state index in [1.165, 1.54) is 19.3 Å². The quantitative estimate of drug-likeness (QED) is 0.227. The van der Waals surface area contributed by atoms with Crippen molar-refractivity contribution < 1.29 is 39.9 Å². The number of carbonyl (C=O) groups is 3. The third-order valence-corrected chi connectivity index (χ3v) is 4.93. The minimum Gasteiger partial charge on any atom is -0.480 e. The molecule has 0 amide bonds. The average molecular weight is 405 g/mol. The second kappa shape index (κ2) is 14.3. The molecule has 28 heavy (non-hydrogen) atoms. The molecule has 0 saturated carbocycles. The first-order chi connectivity index (χ1) is 13.2. The molecular formula is C19H35NO8.